The van der Waals surface area contributed by atoms with E-state index in [1.165, 1.54) is 4.31 Å². The van der Waals surface area contributed by atoms with E-state index >= 15 is 0 Å². The molecule has 114 valence electrons. The fraction of sp³-hybridized carbons (Fsp3) is 0.400. The first kappa shape index (κ1) is 15.7. The minimum absolute atomic E-state index is 0.103. The number of carboxylic acid groups (broad SMARTS) is 1. The standard InChI is InChI=1S/C15H19NO4S/c17-15(18)7-4-12-21(19,20)16-10-8-14(9-11-16)13-5-2-1-3-6-13/h1-3,5-6,8H,4,7,9-12H2,(H,17,18). The van der Waals surface area contributed by atoms with Crippen LogP contribution in [-0.2, 0) is 14.8 Å². The largest absolute Gasteiger partial charge is 0.481 e. The van der Waals surface area contributed by atoms with Gasteiger partial charge in [-0.2, -0.15) is 4.31 Å². The summed E-state index contributed by atoms with van der Waals surface area (Å²) in [6.07, 6.45) is 2.66. The van der Waals surface area contributed by atoms with Crippen LogP contribution in [0.2, 0.25) is 0 Å². The summed E-state index contributed by atoms with van der Waals surface area (Å²) < 4.78 is 25.7. The third-order valence-corrected chi connectivity index (χ3v) is 5.43. The maximum absolute atomic E-state index is 12.1. The third kappa shape index (κ3) is 4.41. The summed E-state index contributed by atoms with van der Waals surface area (Å²) in [5.41, 5.74) is 2.29. The summed E-state index contributed by atoms with van der Waals surface area (Å²) in [6, 6.07) is 9.91. The van der Waals surface area contributed by atoms with E-state index in [2.05, 4.69) is 0 Å². The van der Waals surface area contributed by atoms with Crippen molar-refractivity contribution in [2.24, 2.45) is 0 Å². The molecule has 0 atom stereocenters. The van der Waals surface area contributed by atoms with Crippen LogP contribution in [0.5, 0.6) is 0 Å². The predicted molar refractivity (Wildman–Crippen MR) is 81.3 cm³/mol. The summed E-state index contributed by atoms with van der Waals surface area (Å²) in [4.78, 5) is 10.4. The van der Waals surface area contributed by atoms with E-state index in [0.29, 0.717) is 19.5 Å². The zero-order chi connectivity index (χ0) is 15.3. The third-order valence-electron chi connectivity index (χ3n) is 3.50. The van der Waals surface area contributed by atoms with Gasteiger partial charge in [0.25, 0.3) is 0 Å². The molecular weight excluding hydrogens is 290 g/mol. The second-order valence-corrected chi connectivity index (χ2v) is 7.11. The summed E-state index contributed by atoms with van der Waals surface area (Å²) in [5.74, 6) is -1.07. The van der Waals surface area contributed by atoms with Gasteiger partial charge in [0.2, 0.25) is 10.0 Å². The van der Waals surface area contributed by atoms with Crippen molar-refractivity contribution >= 4 is 21.6 Å². The molecule has 5 nitrogen and oxygen atoms in total. The Bertz CT molecular complexity index is 622. The van der Waals surface area contributed by atoms with Gasteiger partial charge in [-0.3, -0.25) is 4.79 Å². The van der Waals surface area contributed by atoms with E-state index < -0.39 is 16.0 Å². The number of aliphatic carboxylic acids is 1. The number of sulfonamides is 1. The maximum Gasteiger partial charge on any atom is 0.303 e. The van der Waals surface area contributed by atoms with E-state index in [0.717, 1.165) is 11.1 Å². The smallest absolute Gasteiger partial charge is 0.303 e. The molecule has 0 fully saturated rings. The Balaban J connectivity index is 1.96. The van der Waals surface area contributed by atoms with Crippen molar-refractivity contribution in [1.29, 1.82) is 0 Å². The Morgan fingerprint density at radius 2 is 1.95 bits per heavy atom. The molecule has 21 heavy (non-hydrogen) atoms. The van der Waals surface area contributed by atoms with Crippen LogP contribution in [0, 0.1) is 0 Å². The van der Waals surface area contributed by atoms with Crippen LogP contribution in [0.1, 0.15) is 24.8 Å². The number of hydrogen-bond acceptors (Lipinski definition) is 3. The van der Waals surface area contributed by atoms with Gasteiger partial charge in [0.15, 0.2) is 0 Å². The highest BCUT2D eigenvalue weighted by molar-refractivity contribution is 7.89. The van der Waals surface area contributed by atoms with Crippen molar-refractivity contribution in [3.63, 3.8) is 0 Å². The quantitative estimate of drug-likeness (QED) is 0.872. The predicted octanol–water partition coefficient (Wildman–Crippen LogP) is 1.97. The van der Waals surface area contributed by atoms with E-state index in [-0.39, 0.29) is 18.6 Å². The fourth-order valence-electron chi connectivity index (χ4n) is 2.35. The summed E-state index contributed by atoms with van der Waals surface area (Å²) in [5, 5.41) is 8.56. The molecule has 0 spiro atoms. The minimum Gasteiger partial charge on any atom is -0.481 e. The first-order valence-corrected chi connectivity index (χ1v) is 8.54. The second kappa shape index (κ2) is 6.87. The second-order valence-electron chi connectivity index (χ2n) is 5.02. The van der Waals surface area contributed by atoms with Gasteiger partial charge < -0.3 is 5.11 Å². The number of hydrogen-bond donors (Lipinski definition) is 1. The average Bonchev–Trinajstić information content (AvgIpc) is 2.48. The van der Waals surface area contributed by atoms with Crippen LogP contribution >= 0.6 is 0 Å². The van der Waals surface area contributed by atoms with Crippen LogP contribution in [0.3, 0.4) is 0 Å². The molecule has 1 aromatic carbocycles. The minimum atomic E-state index is -3.36. The first-order valence-electron chi connectivity index (χ1n) is 6.93. The molecule has 0 saturated heterocycles. The Hall–Kier alpha value is -1.66. The van der Waals surface area contributed by atoms with Gasteiger partial charge in [0.05, 0.1) is 5.75 Å². The molecule has 6 heteroatoms. The molecule has 0 radical (unpaired) electrons. The monoisotopic (exact) mass is 309 g/mol. The number of nitrogens with zero attached hydrogens (tertiary/aromatic N) is 1. The van der Waals surface area contributed by atoms with E-state index in [4.69, 9.17) is 5.11 Å². The van der Waals surface area contributed by atoms with Gasteiger partial charge in [-0.05, 0) is 24.0 Å². The first-order chi connectivity index (χ1) is 9.99. The van der Waals surface area contributed by atoms with Crippen LogP contribution in [0.4, 0.5) is 0 Å². The van der Waals surface area contributed by atoms with Gasteiger partial charge in [-0.15, -0.1) is 0 Å². The summed E-state index contributed by atoms with van der Waals surface area (Å²) >= 11 is 0. The molecule has 1 aromatic rings. The van der Waals surface area contributed by atoms with Crippen molar-refractivity contribution < 1.29 is 18.3 Å². The normalized spacial score (nSPS) is 16.5. The Morgan fingerprint density at radius 1 is 1.24 bits per heavy atom. The van der Waals surface area contributed by atoms with Crippen molar-refractivity contribution in [2.45, 2.75) is 19.3 Å². The summed E-state index contributed by atoms with van der Waals surface area (Å²) in [7, 11) is -3.36. The lowest BCUT2D eigenvalue weighted by Crippen LogP contribution is -2.36. The molecule has 2 rings (SSSR count). The highest BCUT2D eigenvalue weighted by atomic mass is 32.2. The van der Waals surface area contributed by atoms with Crippen LogP contribution in [-0.4, -0.2) is 42.6 Å². The molecule has 0 unspecified atom stereocenters. The summed E-state index contributed by atoms with van der Waals surface area (Å²) in [6.45, 7) is 0.815. The topological polar surface area (TPSA) is 74.7 Å². The lowest BCUT2D eigenvalue weighted by atomic mass is 10.0. The van der Waals surface area contributed by atoms with Crippen LogP contribution in [0.25, 0.3) is 5.57 Å². The lowest BCUT2D eigenvalue weighted by Gasteiger charge is -2.26. The molecule has 0 aromatic heterocycles. The fourth-order valence-corrected chi connectivity index (χ4v) is 3.79. The van der Waals surface area contributed by atoms with Gasteiger partial charge in [-0.1, -0.05) is 36.4 Å². The molecule has 1 aliphatic heterocycles. The van der Waals surface area contributed by atoms with E-state index in [1.54, 1.807) is 0 Å². The van der Waals surface area contributed by atoms with Gasteiger partial charge in [0.1, 0.15) is 0 Å². The van der Waals surface area contributed by atoms with Crippen LogP contribution < -0.4 is 0 Å². The molecule has 0 aliphatic carbocycles. The van der Waals surface area contributed by atoms with Crippen LogP contribution in [0.15, 0.2) is 36.4 Å². The molecule has 0 saturated carbocycles. The van der Waals surface area contributed by atoms with Crippen molar-refractivity contribution in [2.75, 3.05) is 18.8 Å². The molecular formula is C15H19NO4S. The number of rotatable bonds is 6. The Labute approximate surface area is 124 Å². The molecule has 1 aliphatic rings. The average molecular weight is 309 g/mol. The zero-order valence-corrected chi connectivity index (χ0v) is 12.6. The van der Waals surface area contributed by atoms with E-state index in [1.807, 2.05) is 36.4 Å². The molecule has 1 N–H and O–H groups in total. The van der Waals surface area contributed by atoms with Gasteiger partial charge >= 0.3 is 5.97 Å². The SMILES string of the molecule is O=C(O)CCCS(=O)(=O)N1CC=C(c2ccccc2)CC1. The highest BCUT2D eigenvalue weighted by Crippen LogP contribution is 2.23. The number of carboxylic acids is 1. The molecule has 0 bridgehead atoms. The molecule has 1 heterocycles. The van der Waals surface area contributed by atoms with Crippen molar-refractivity contribution in [1.82, 2.24) is 4.31 Å². The van der Waals surface area contributed by atoms with Crippen molar-refractivity contribution in [3.8, 4) is 0 Å². The Kier molecular flexibility index (Phi) is 5.14. The van der Waals surface area contributed by atoms with Gasteiger partial charge in [-0.25, -0.2) is 8.42 Å². The number of carbonyl (C=O) groups is 1. The maximum atomic E-state index is 12.1. The molecule has 0 amide bonds. The van der Waals surface area contributed by atoms with Gasteiger partial charge in [0, 0.05) is 19.5 Å². The number of benzene rings is 1. The lowest BCUT2D eigenvalue weighted by molar-refractivity contribution is -0.137. The zero-order valence-electron chi connectivity index (χ0n) is 11.7. The van der Waals surface area contributed by atoms with Crippen molar-refractivity contribution in [3.05, 3.63) is 42.0 Å². The Morgan fingerprint density at radius 3 is 2.52 bits per heavy atom. The highest BCUT2D eigenvalue weighted by Gasteiger charge is 2.24. The van der Waals surface area contributed by atoms with E-state index in [9.17, 15) is 13.2 Å².